The van der Waals surface area contributed by atoms with Gasteiger partial charge in [-0.1, -0.05) is 18.2 Å². The van der Waals surface area contributed by atoms with Gasteiger partial charge in [0.05, 0.1) is 12.0 Å². The van der Waals surface area contributed by atoms with E-state index >= 15 is 0 Å². The van der Waals surface area contributed by atoms with Gasteiger partial charge in [0.25, 0.3) is 0 Å². The third-order valence-electron chi connectivity index (χ3n) is 4.89. The molecule has 0 saturated carbocycles. The van der Waals surface area contributed by atoms with E-state index in [0.29, 0.717) is 6.61 Å². The Morgan fingerprint density at radius 1 is 0.964 bits per heavy atom. The lowest BCUT2D eigenvalue weighted by atomic mass is 9.99. The Balaban J connectivity index is 1.80. The second-order valence-corrected chi connectivity index (χ2v) is 8.02. The van der Waals surface area contributed by atoms with E-state index < -0.39 is 0 Å². The van der Waals surface area contributed by atoms with Crippen molar-refractivity contribution < 1.29 is 4.74 Å². The zero-order valence-electron chi connectivity index (χ0n) is 16.5. The molecule has 142 valence electrons. The maximum Gasteiger partial charge on any atom is 0.143 e. The molecule has 0 fully saturated rings. The van der Waals surface area contributed by atoms with E-state index in [4.69, 9.17) is 4.74 Å². The van der Waals surface area contributed by atoms with Crippen LogP contribution in [-0.4, -0.2) is 16.6 Å². The van der Waals surface area contributed by atoms with Crippen LogP contribution in [0.3, 0.4) is 0 Å². The van der Waals surface area contributed by atoms with Crippen LogP contribution in [0.15, 0.2) is 48.8 Å². The van der Waals surface area contributed by atoms with Crippen LogP contribution in [0.1, 0.15) is 22.9 Å². The minimum atomic E-state index is 0.660. The molecule has 0 aliphatic rings. The zero-order valence-corrected chi connectivity index (χ0v) is 17.4. The first kappa shape index (κ1) is 18.4. The molecule has 0 bridgehead atoms. The summed E-state index contributed by atoms with van der Waals surface area (Å²) in [6.45, 7) is 9.08. The lowest BCUT2D eigenvalue weighted by Gasteiger charge is -2.11. The standard InChI is InChI=1S/C23H23N3OS/c1-5-27-19-10-8-18(9-11-19)26-22-21-20(16(4)28-23(21)25-13-24-22)17-7-6-14(2)15(3)12-17/h6-13H,5H2,1-4H3,(H,24,25,26). The van der Waals surface area contributed by atoms with Gasteiger partial charge in [-0.2, -0.15) is 0 Å². The van der Waals surface area contributed by atoms with Crippen LogP contribution in [0.5, 0.6) is 5.75 Å². The number of ether oxygens (including phenoxy) is 1. The number of fused-ring (bicyclic) bond motifs is 1. The number of nitrogens with one attached hydrogen (secondary N) is 1. The summed E-state index contributed by atoms with van der Waals surface area (Å²) in [6, 6.07) is 14.6. The predicted molar refractivity (Wildman–Crippen MR) is 118 cm³/mol. The van der Waals surface area contributed by atoms with Gasteiger partial charge in [-0.3, -0.25) is 0 Å². The molecule has 0 unspecified atom stereocenters. The molecule has 28 heavy (non-hydrogen) atoms. The van der Waals surface area contributed by atoms with E-state index in [1.165, 1.54) is 27.1 Å². The van der Waals surface area contributed by atoms with E-state index in [0.717, 1.165) is 27.5 Å². The Hall–Kier alpha value is -2.92. The predicted octanol–water partition coefficient (Wildman–Crippen LogP) is 6.43. The van der Waals surface area contributed by atoms with E-state index in [9.17, 15) is 0 Å². The molecule has 0 spiro atoms. The third-order valence-corrected chi connectivity index (χ3v) is 5.90. The largest absolute Gasteiger partial charge is 0.494 e. The molecule has 5 heteroatoms. The first-order chi connectivity index (χ1) is 13.6. The van der Waals surface area contributed by atoms with Gasteiger partial charge in [0.2, 0.25) is 0 Å². The number of rotatable bonds is 5. The molecule has 0 atom stereocenters. The van der Waals surface area contributed by atoms with Gasteiger partial charge in [-0.25, -0.2) is 9.97 Å². The van der Waals surface area contributed by atoms with E-state index in [1.807, 2.05) is 31.2 Å². The van der Waals surface area contributed by atoms with Crippen molar-refractivity contribution in [1.82, 2.24) is 9.97 Å². The Bertz CT molecular complexity index is 1130. The lowest BCUT2D eigenvalue weighted by Crippen LogP contribution is -1.96. The highest BCUT2D eigenvalue weighted by Crippen LogP contribution is 2.41. The van der Waals surface area contributed by atoms with E-state index in [-0.39, 0.29) is 0 Å². The molecule has 4 aromatic rings. The number of benzene rings is 2. The molecule has 4 rings (SSSR count). The highest BCUT2D eigenvalue weighted by Gasteiger charge is 2.17. The van der Waals surface area contributed by atoms with Crippen molar-refractivity contribution in [3.8, 4) is 16.9 Å². The normalized spacial score (nSPS) is 11.0. The van der Waals surface area contributed by atoms with Gasteiger partial charge in [0.15, 0.2) is 0 Å². The molecule has 0 radical (unpaired) electrons. The second kappa shape index (κ2) is 7.60. The smallest absolute Gasteiger partial charge is 0.143 e. The number of aromatic nitrogens is 2. The molecule has 0 saturated heterocycles. The summed E-state index contributed by atoms with van der Waals surface area (Å²) in [4.78, 5) is 11.3. The van der Waals surface area contributed by atoms with Crippen molar-refractivity contribution in [1.29, 1.82) is 0 Å². The minimum absolute atomic E-state index is 0.660. The van der Waals surface area contributed by atoms with Crippen molar-refractivity contribution in [3.63, 3.8) is 0 Å². The third kappa shape index (κ3) is 3.45. The molecule has 1 N–H and O–H groups in total. The average Bonchev–Trinajstić information content (AvgIpc) is 3.03. The maximum absolute atomic E-state index is 5.53. The van der Waals surface area contributed by atoms with Gasteiger partial charge in [-0.05, 0) is 68.7 Å². The summed E-state index contributed by atoms with van der Waals surface area (Å²) >= 11 is 1.71. The number of nitrogens with zero attached hydrogens (tertiary/aromatic N) is 2. The van der Waals surface area contributed by atoms with Gasteiger partial charge in [0, 0.05) is 16.1 Å². The lowest BCUT2D eigenvalue weighted by molar-refractivity contribution is 0.340. The topological polar surface area (TPSA) is 47.0 Å². The molecule has 4 nitrogen and oxygen atoms in total. The summed E-state index contributed by atoms with van der Waals surface area (Å²) in [5, 5.41) is 4.54. The molecule has 0 aliphatic heterocycles. The Kier molecular flexibility index (Phi) is 5.01. The number of anilines is 2. The SMILES string of the molecule is CCOc1ccc(Nc2ncnc3sc(C)c(-c4ccc(C)c(C)c4)c23)cc1. The number of hydrogen-bond acceptors (Lipinski definition) is 5. The van der Waals surface area contributed by atoms with Crippen molar-refractivity contribution in [2.75, 3.05) is 11.9 Å². The van der Waals surface area contributed by atoms with Crippen LogP contribution in [0.4, 0.5) is 11.5 Å². The summed E-state index contributed by atoms with van der Waals surface area (Å²) in [5.41, 5.74) is 5.96. The van der Waals surface area contributed by atoms with Crippen LogP contribution in [-0.2, 0) is 0 Å². The molecule has 2 heterocycles. The average molecular weight is 390 g/mol. The van der Waals surface area contributed by atoms with Gasteiger partial charge >= 0.3 is 0 Å². The Morgan fingerprint density at radius 3 is 2.46 bits per heavy atom. The monoisotopic (exact) mass is 389 g/mol. The second-order valence-electron chi connectivity index (χ2n) is 6.82. The van der Waals surface area contributed by atoms with Crippen molar-refractivity contribution in [2.45, 2.75) is 27.7 Å². The van der Waals surface area contributed by atoms with Crippen LogP contribution in [0, 0.1) is 20.8 Å². The molecular weight excluding hydrogens is 366 g/mol. The molecule has 0 aliphatic carbocycles. The maximum atomic E-state index is 5.53. The molecular formula is C23H23N3OS. The summed E-state index contributed by atoms with van der Waals surface area (Å²) in [7, 11) is 0. The first-order valence-electron chi connectivity index (χ1n) is 9.38. The minimum Gasteiger partial charge on any atom is -0.494 e. The van der Waals surface area contributed by atoms with E-state index in [2.05, 4.69) is 54.3 Å². The van der Waals surface area contributed by atoms with Gasteiger partial charge in [-0.15, -0.1) is 11.3 Å². The summed E-state index contributed by atoms with van der Waals surface area (Å²) < 4.78 is 5.53. The van der Waals surface area contributed by atoms with Crippen molar-refractivity contribution in [3.05, 3.63) is 64.8 Å². The highest BCUT2D eigenvalue weighted by molar-refractivity contribution is 7.19. The molecule has 2 aromatic heterocycles. The van der Waals surface area contributed by atoms with E-state index in [1.54, 1.807) is 17.7 Å². The molecule has 0 amide bonds. The summed E-state index contributed by atoms with van der Waals surface area (Å²) in [6.07, 6.45) is 1.62. The fourth-order valence-electron chi connectivity index (χ4n) is 3.32. The van der Waals surface area contributed by atoms with Crippen LogP contribution in [0.2, 0.25) is 0 Å². The fraction of sp³-hybridized carbons (Fsp3) is 0.217. The molecule has 2 aromatic carbocycles. The quantitative estimate of drug-likeness (QED) is 0.427. The van der Waals surface area contributed by atoms with Crippen LogP contribution < -0.4 is 10.1 Å². The van der Waals surface area contributed by atoms with Gasteiger partial charge in [0.1, 0.15) is 22.7 Å². The van der Waals surface area contributed by atoms with Gasteiger partial charge < -0.3 is 10.1 Å². The number of aryl methyl sites for hydroxylation is 3. The van der Waals surface area contributed by atoms with Crippen LogP contribution >= 0.6 is 11.3 Å². The highest BCUT2D eigenvalue weighted by atomic mass is 32.1. The Morgan fingerprint density at radius 2 is 1.75 bits per heavy atom. The van der Waals surface area contributed by atoms with Crippen molar-refractivity contribution >= 4 is 33.1 Å². The van der Waals surface area contributed by atoms with Crippen LogP contribution in [0.25, 0.3) is 21.3 Å². The first-order valence-corrected chi connectivity index (χ1v) is 10.2. The fourth-order valence-corrected chi connectivity index (χ4v) is 4.33. The Labute approximate surface area is 169 Å². The number of hydrogen-bond donors (Lipinski definition) is 1. The zero-order chi connectivity index (χ0) is 19.7. The van der Waals surface area contributed by atoms with Crippen molar-refractivity contribution in [2.24, 2.45) is 0 Å². The summed E-state index contributed by atoms with van der Waals surface area (Å²) in [5.74, 6) is 1.69. The number of thiophene rings is 1.